The molecule has 0 saturated heterocycles. The van der Waals surface area contributed by atoms with Crippen molar-refractivity contribution in [2.75, 3.05) is 11.1 Å². The van der Waals surface area contributed by atoms with Gasteiger partial charge in [0, 0.05) is 18.6 Å². The minimum Gasteiger partial charge on any atom is -0.508 e. The number of aryl methyl sites for hydroxylation is 1. The lowest BCUT2D eigenvalue weighted by atomic mass is 9.77. The van der Waals surface area contributed by atoms with Crippen LogP contribution in [0.4, 0.5) is 11.6 Å². The number of nitrogens with two attached hydrogens (primary N) is 1. The zero-order valence-corrected chi connectivity index (χ0v) is 18.7. The summed E-state index contributed by atoms with van der Waals surface area (Å²) < 4.78 is 1.90. The van der Waals surface area contributed by atoms with Gasteiger partial charge in [-0.25, -0.2) is 19.9 Å². The van der Waals surface area contributed by atoms with E-state index in [1.807, 2.05) is 16.8 Å². The molecule has 4 heterocycles. The van der Waals surface area contributed by atoms with Gasteiger partial charge >= 0.3 is 0 Å². The Balaban J connectivity index is 1.62. The summed E-state index contributed by atoms with van der Waals surface area (Å²) in [6.07, 6.45) is 7.16. The molecule has 1 atom stereocenters. The first-order valence-corrected chi connectivity index (χ1v) is 10.9. The Morgan fingerprint density at radius 1 is 1.24 bits per heavy atom. The van der Waals surface area contributed by atoms with E-state index in [2.05, 4.69) is 34.1 Å². The molecule has 1 amide bonds. The number of fused-ring (bicyclic) bond motifs is 2. The number of carbonyl (C=O) groups is 1. The third-order valence-corrected chi connectivity index (χ3v) is 6.18. The van der Waals surface area contributed by atoms with Gasteiger partial charge in [0.15, 0.2) is 11.5 Å². The molecule has 1 aliphatic heterocycles. The average molecular weight is 444 g/mol. The first-order valence-electron chi connectivity index (χ1n) is 10.9. The number of nitrogens with one attached hydrogen (secondary N) is 1. The van der Waals surface area contributed by atoms with Gasteiger partial charge in [0.25, 0.3) is 0 Å². The maximum Gasteiger partial charge on any atom is 0.240 e. The Hall–Kier alpha value is -4.01. The molecule has 1 aliphatic rings. The van der Waals surface area contributed by atoms with E-state index >= 15 is 0 Å². The monoisotopic (exact) mass is 443 g/mol. The highest BCUT2D eigenvalue weighted by Gasteiger charge is 2.47. The van der Waals surface area contributed by atoms with Gasteiger partial charge in [-0.2, -0.15) is 0 Å². The molecular formula is C24H25N7O2. The van der Waals surface area contributed by atoms with E-state index < -0.39 is 5.41 Å². The van der Waals surface area contributed by atoms with Crippen molar-refractivity contribution in [2.45, 2.75) is 39.0 Å². The molecule has 5 rings (SSSR count). The largest absolute Gasteiger partial charge is 0.508 e. The predicted octanol–water partition coefficient (Wildman–Crippen LogP) is 3.32. The summed E-state index contributed by atoms with van der Waals surface area (Å²) in [6.45, 7) is 6.09. The van der Waals surface area contributed by atoms with E-state index in [-0.39, 0.29) is 17.5 Å². The SMILES string of the molecule is CC(C)CCc1nc(-c2nc(N)c3c(n2)NC(=O)[C@]3(C)c2cccc(O)c2)cn2ccnc12. The lowest BCUT2D eigenvalue weighted by Gasteiger charge is -2.23. The molecule has 4 N–H and O–H groups in total. The van der Waals surface area contributed by atoms with E-state index in [1.54, 1.807) is 37.4 Å². The summed E-state index contributed by atoms with van der Waals surface area (Å²) in [7, 11) is 0. The lowest BCUT2D eigenvalue weighted by Crippen LogP contribution is -2.32. The van der Waals surface area contributed by atoms with Crippen molar-refractivity contribution in [1.82, 2.24) is 24.3 Å². The number of carbonyl (C=O) groups excluding carboxylic acids is 1. The minimum atomic E-state index is -1.12. The number of aromatic hydroxyl groups is 1. The number of rotatable bonds is 5. The fraction of sp³-hybridized carbons (Fsp3) is 0.292. The predicted molar refractivity (Wildman–Crippen MR) is 125 cm³/mol. The third-order valence-electron chi connectivity index (χ3n) is 6.18. The van der Waals surface area contributed by atoms with Crippen LogP contribution in [-0.2, 0) is 16.6 Å². The third kappa shape index (κ3) is 3.36. The van der Waals surface area contributed by atoms with E-state index in [9.17, 15) is 9.90 Å². The van der Waals surface area contributed by atoms with Crippen LogP contribution in [0.5, 0.6) is 5.75 Å². The lowest BCUT2D eigenvalue weighted by molar-refractivity contribution is -0.119. The summed E-state index contributed by atoms with van der Waals surface area (Å²) >= 11 is 0. The summed E-state index contributed by atoms with van der Waals surface area (Å²) in [6, 6.07) is 6.57. The molecule has 1 aromatic carbocycles. The molecule has 0 fully saturated rings. The smallest absolute Gasteiger partial charge is 0.240 e. The Kier molecular flexibility index (Phi) is 4.77. The van der Waals surface area contributed by atoms with Crippen molar-refractivity contribution in [1.29, 1.82) is 0 Å². The molecule has 0 bridgehead atoms. The molecule has 0 unspecified atom stereocenters. The second kappa shape index (κ2) is 7.54. The van der Waals surface area contributed by atoms with E-state index in [1.165, 1.54) is 0 Å². The number of aromatic nitrogens is 5. The number of nitrogen functional groups attached to an aromatic ring is 1. The Morgan fingerprint density at radius 3 is 2.82 bits per heavy atom. The summed E-state index contributed by atoms with van der Waals surface area (Å²) in [5.74, 6) is 1.19. The summed E-state index contributed by atoms with van der Waals surface area (Å²) in [4.78, 5) is 31.5. The van der Waals surface area contributed by atoms with Gasteiger partial charge in [-0.3, -0.25) is 4.79 Å². The van der Waals surface area contributed by atoms with E-state index in [0.29, 0.717) is 34.4 Å². The number of nitrogens with zero attached hydrogens (tertiary/aromatic N) is 5. The highest BCUT2D eigenvalue weighted by molar-refractivity contribution is 6.09. The fourth-order valence-corrected chi connectivity index (χ4v) is 4.31. The zero-order valence-electron chi connectivity index (χ0n) is 18.7. The number of benzene rings is 1. The highest BCUT2D eigenvalue weighted by atomic mass is 16.3. The number of hydrogen-bond donors (Lipinski definition) is 3. The number of hydrogen-bond acceptors (Lipinski definition) is 7. The second-order valence-electron chi connectivity index (χ2n) is 8.95. The Bertz CT molecular complexity index is 1400. The first-order chi connectivity index (χ1) is 15.8. The number of phenols is 1. The van der Waals surface area contributed by atoms with Crippen molar-refractivity contribution in [3.8, 4) is 17.3 Å². The van der Waals surface area contributed by atoms with Crippen LogP contribution < -0.4 is 11.1 Å². The maximum atomic E-state index is 13.1. The highest BCUT2D eigenvalue weighted by Crippen LogP contribution is 2.45. The van der Waals surface area contributed by atoms with Crippen LogP contribution >= 0.6 is 0 Å². The first kappa shape index (κ1) is 20.9. The number of imidazole rings is 1. The molecule has 3 aromatic heterocycles. The van der Waals surface area contributed by atoms with Gasteiger partial charge in [0.05, 0.1) is 11.3 Å². The van der Waals surface area contributed by atoms with Crippen LogP contribution in [0.15, 0.2) is 42.9 Å². The summed E-state index contributed by atoms with van der Waals surface area (Å²) in [5, 5.41) is 12.8. The topological polar surface area (TPSA) is 131 Å². The molecule has 4 aromatic rings. The fourth-order valence-electron chi connectivity index (χ4n) is 4.31. The summed E-state index contributed by atoms with van der Waals surface area (Å²) in [5.41, 5.74) is 8.59. The van der Waals surface area contributed by atoms with Crippen LogP contribution in [0.3, 0.4) is 0 Å². The minimum absolute atomic E-state index is 0.0675. The molecule has 9 nitrogen and oxygen atoms in total. The van der Waals surface area contributed by atoms with Gasteiger partial charge in [0.1, 0.15) is 28.5 Å². The van der Waals surface area contributed by atoms with Gasteiger partial charge < -0.3 is 20.6 Å². The molecule has 33 heavy (non-hydrogen) atoms. The molecule has 0 radical (unpaired) electrons. The van der Waals surface area contributed by atoms with Crippen LogP contribution in [0, 0.1) is 5.92 Å². The van der Waals surface area contributed by atoms with Crippen LogP contribution in [0.2, 0.25) is 0 Å². The zero-order chi connectivity index (χ0) is 23.3. The molecule has 0 saturated carbocycles. The maximum absolute atomic E-state index is 13.1. The number of phenolic OH excluding ortho intramolecular Hbond substituents is 1. The van der Waals surface area contributed by atoms with Gasteiger partial charge in [-0.15, -0.1) is 0 Å². The van der Waals surface area contributed by atoms with E-state index in [0.717, 1.165) is 24.2 Å². The van der Waals surface area contributed by atoms with Gasteiger partial charge in [-0.05, 0) is 43.4 Å². The quantitative estimate of drug-likeness (QED) is 0.431. The average Bonchev–Trinajstić information content (AvgIpc) is 3.35. The molecule has 0 spiro atoms. The van der Waals surface area contributed by atoms with Crippen molar-refractivity contribution in [3.63, 3.8) is 0 Å². The van der Waals surface area contributed by atoms with Crippen LogP contribution in [0.1, 0.15) is 44.0 Å². The van der Waals surface area contributed by atoms with Gasteiger partial charge in [0.2, 0.25) is 5.91 Å². The van der Waals surface area contributed by atoms with Crippen LogP contribution in [-0.4, -0.2) is 35.4 Å². The van der Waals surface area contributed by atoms with Crippen molar-refractivity contribution < 1.29 is 9.90 Å². The van der Waals surface area contributed by atoms with Crippen LogP contribution in [0.25, 0.3) is 17.2 Å². The Labute approximate surface area is 190 Å². The second-order valence-corrected chi connectivity index (χ2v) is 8.95. The Morgan fingerprint density at radius 2 is 2.06 bits per heavy atom. The molecule has 0 aliphatic carbocycles. The van der Waals surface area contributed by atoms with Crippen molar-refractivity contribution in [3.05, 3.63) is 59.7 Å². The number of amides is 1. The van der Waals surface area contributed by atoms with E-state index in [4.69, 9.17) is 10.7 Å². The standard InChI is InChI=1S/C24H25N7O2/c1-13(2)7-8-16-22-26-9-10-31(22)12-17(27-16)20-28-19(25)18-21(29-20)30-23(33)24(18,3)14-5-4-6-15(32)11-14/h4-6,9-13,32H,7-8H2,1-3H3,(H3,25,28,29,30,33)/t24-/m1/s1. The molecule has 168 valence electrons. The number of anilines is 2. The molecule has 9 heteroatoms. The normalized spacial score (nSPS) is 17.5. The molecular weight excluding hydrogens is 418 g/mol. The van der Waals surface area contributed by atoms with Crippen molar-refractivity contribution in [2.24, 2.45) is 5.92 Å². The van der Waals surface area contributed by atoms with Gasteiger partial charge in [-0.1, -0.05) is 26.0 Å². The van der Waals surface area contributed by atoms with Crippen molar-refractivity contribution >= 4 is 23.2 Å².